The number of anilines is 1. The lowest BCUT2D eigenvalue weighted by atomic mass is 9.94. The molecule has 0 radical (unpaired) electrons. The molecule has 0 spiro atoms. The van der Waals surface area contributed by atoms with Crippen LogP contribution in [0.4, 0.5) is 5.69 Å². The number of hydrogen-bond acceptors (Lipinski definition) is 5. The lowest BCUT2D eigenvalue weighted by Gasteiger charge is -2.21. The zero-order valence-electron chi connectivity index (χ0n) is 17.2. The first-order chi connectivity index (χ1) is 14.2. The quantitative estimate of drug-likeness (QED) is 0.371. The van der Waals surface area contributed by atoms with Gasteiger partial charge in [-0.2, -0.15) is 0 Å². The molecule has 0 aliphatic carbocycles. The number of allylic oxidation sites excluding steroid dienone is 2. The maximum absolute atomic E-state index is 6.44. The van der Waals surface area contributed by atoms with Crippen LogP contribution >= 0.6 is 11.6 Å². The molecule has 1 unspecified atom stereocenters. The Balaban J connectivity index is 1.97. The number of benzene rings is 1. The summed E-state index contributed by atoms with van der Waals surface area (Å²) in [7, 11) is 0. The Bertz CT molecular complexity index is 788. The minimum atomic E-state index is 0.266. The largest absolute Gasteiger partial charge is 0.370 e. The normalized spacial score (nSPS) is 16.3. The van der Waals surface area contributed by atoms with E-state index in [1.807, 2.05) is 12.3 Å². The van der Waals surface area contributed by atoms with E-state index in [-0.39, 0.29) is 5.92 Å². The highest BCUT2D eigenvalue weighted by Crippen LogP contribution is 2.31. The van der Waals surface area contributed by atoms with E-state index in [9.17, 15) is 0 Å². The third kappa shape index (κ3) is 7.78. The Labute approximate surface area is 179 Å². The Hall–Kier alpha value is -2.53. The summed E-state index contributed by atoms with van der Waals surface area (Å²) >= 11 is 6.44. The van der Waals surface area contributed by atoms with Crippen molar-refractivity contribution in [2.24, 2.45) is 25.9 Å². The number of aliphatic imine (C=N–C) groups is 4. The summed E-state index contributed by atoms with van der Waals surface area (Å²) in [5.41, 5.74) is 3.46. The van der Waals surface area contributed by atoms with E-state index in [0.717, 1.165) is 35.8 Å². The predicted octanol–water partition coefficient (Wildman–Crippen LogP) is 5.06. The highest BCUT2D eigenvalue weighted by molar-refractivity contribution is 6.33. The average Bonchev–Trinajstić information content (AvgIpc) is 3.25. The lowest BCUT2D eigenvalue weighted by molar-refractivity contribution is 0.702. The molecule has 1 aliphatic rings. The number of nitrogens with zero attached hydrogens (tertiary/aromatic N) is 5. The maximum atomic E-state index is 6.44. The Morgan fingerprint density at radius 1 is 1.17 bits per heavy atom. The maximum Gasteiger partial charge on any atom is 0.0639 e. The van der Waals surface area contributed by atoms with Crippen LogP contribution in [0.5, 0.6) is 0 Å². The first-order valence-corrected chi connectivity index (χ1v) is 10.3. The summed E-state index contributed by atoms with van der Waals surface area (Å²) in [4.78, 5) is 18.7. The molecule has 1 saturated heterocycles. The highest BCUT2D eigenvalue weighted by Gasteiger charge is 2.16. The first kappa shape index (κ1) is 22.8. The van der Waals surface area contributed by atoms with Gasteiger partial charge in [0.1, 0.15) is 0 Å². The lowest BCUT2D eigenvalue weighted by Crippen LogP contribution is -2.18. The van der Waals surface area contributed by atoms with Gasteiger partial charge >= 0.3 is 0 Å². The van der Waals surface area contributed by atoms with E-state index in [4.69, 9.17) is 11.6 Å². The van der Waals surface area contributed by atoms with Crippen LogP contribution in [0.25, 0.3) is 0 Å². The molecule has 1 aliphatic heterocycles. The van der Waals surface area contributed by atoms with Gasteiger partial charge in [0, 0.05) is 37.9 Å². The molecule has 154 valence electrons. The molecule has 6 heteroatoms. The van der Waals surface area contributed by atoms with Crippen molar-refractivity contribution < 1.29 is 0 Å². The van der Waals surface area contributed by atoms with Gasteiger partial charge in [-0.05, 0) is 68.0 Å². The molecule has 1 atom stereocenters. The zero-order valence-corrected chi connectivity index (χ0v) is 17.9. The molecular weight excluding hydrogens is 382 g/mol. The van der Waals surface area contributed by atoms with Gasteiger partial charge in [0.15, 0.2) is 0 Å². The van der Waals surface area contributed by atoms with Crippen molar-refractivity contribution in [3.05, 3.63) is 52.8 Å². The van der Waals surface area contributed by atoms with E-state index in [1.54, 1.807) is 24.7 Å². The number of halogens is 1. The molecule has 0 N–H and O–H groups in total. The molecule has 0 bridgehead atoms. The fourth-order valence-electron chi connectivity index (χ4n) is 3.27. The van der Waals surface area contributed by atoms with Crippen LogP contribution in [-0.4, -0.2) is 52.0 Å². The van der Waals surface area contributed by atoms with Crippen molar-refractivity contribution >= 4 is 43.2 Å². The van der Waals surface area contributed by atoms with Crippen LogP contribution in [0.2, 0.25) is 5.02 Å². The fourth-order valence-corrected chi connectivity index (χ4v) is 3.51. The van der Waals surface area contributed by atoms with Gasteiger partial charge in [-0.3, -0.25) is 20.0 Å². The molecule has 29 heavy (non-hydrogen) atoms. The first-order valence-electron chi connectivity index (χ1n) is 9.95. The zero-order chi connectivity index (χ0) is 20.9. The molecule has 1 heterocycles. The van der Waals surface area contributed by atoms with Crippen LogP contribution in [0, 0.1) is 5.92 Å². The summed E-state index contributed by atoms with van der Waals surface area (Å²) in [5.74, 6) is 0.266. The summed E-state index contributed by atoms with van der Waals surface area (Å²) < 4.78 is 0. The Kier molecular flexibility index (Phi) is 10.1. The van der Waals surface area contributed by atoms with Gasteiger partial charge in [-0.25, -0.2) is 0 Å². The van der Waals surface area contributed by atoms with E-state index in [0.29, 0.717) is 13.1 Å². The van der Waals surface area contributed by atoms with Gasteiger partial charge in [0.25, 0.3) is 0 Å². The Morgan fingerprint density at radius 3 is 2.66 bits per heavy atom. The summed E-state index contributed by atoms with van der Waals surface area (Å²) in [5, 5.41) is 0.827. The van der Waals surface area contributed by atoms with Crippen LogP contribution in [0.3, 0.4) is 0 Å². The average molecular weight is 412 g/mol. The van der Waals surface area contributed by atoms with Gasteiger partial charge in [0.2, 0.25) is 0 Å². The van der Waals surface area contributed by atoms with E-state index in [1.165, 1.54) is 18.4 Å². The van der Waals surface area contributed by atoms with Crippen LogP contribution in [-0.2, 0) is 6.42 Å². The second-order valence-electron chi connectivity index (χ2n) is 7.01. The molecule has 0 amide bonds. The molecular formula is C23H30ClN5. The van der Waals surface area contributed by atoms with Crippen molar-refractivity contribution in [1.82, 2.24) is 0 Å². The molecule has 2 rings (SSSR count). The van der Waals surface area contributed by atoms with Crippen molar-refractivity contribution in [3.63, 3.8) is 0 Å². The van der Waals surface area contributed by atoms with Crippen LogP contribution < -0.4 is 4.90 Å². The van der Waals surface area contributed by atoms with Crippen LogP contribution in [0.15, 0.2) is 62.2 Å². The minimum Gasteiger partial charge on any atom is -0.370 e. The van der Waals surface area contributed by atoms with E-state index >= 15 is 0 Å². The second-order valence-corrected chi connectivity index (χ2v) is 7.42. The van der Waals surface area contributed by atoms with E-state index in [2.05, 4.69) is 57.4 Å². The summed E-state index contributed by atoms with van der Waals surface area (Å²) in [6.45, 7) is 12.6. The molecule has 1 aromatic rings. The topological polar surface area (TPSA) is 52.7 Å². The smallest absolute Gasteiger partial charge is 0.0639 e. The van der Waals surface area contributed by atoms with Crippen LogP contribution in [0.1, 0.15) is 25.3 Å². The monoisotopic (exact) mass is 411 g/mol. The highest BCUT2D eigenvalue weighted by atomic mass is 35.5. The molecule has 1 aromatic carbocycles. The predicted molar refractivity (Wildman–Crippen MR) is 129 cm³/mol. The van der Waals surface area contributed by atoms with E-state index < -0.39 is 0 Å². The Morgan fingerprint density at radius 2 is 1.93 bits per heavy atom. The second kappa shape index (κ2) is 12.8. The molecule has 5 nitrogen and oxygen atoms in total. The van der Waals surface area contributed by atoms with Gasteiger partial charge in [0.05, 0.1) is 23.8 Å². The van der Waals surface area contributed by atoms with Crippen molar-refractivity contribution in [2.75, 3.05) is 31.1 Å². The molecule has 1 fully saturated rings. The van der Waals surface area contributed by atoms with Gasteiger partial charge in [-0.15, -0.1) is 0 Å². The minimum absolute atomic E-state index is 0.266. The van der Waals surface area contributed by atoms with Gasteiger partial charge in [-0.1, -0.05) is 24.6 Å². The third-order valence-electron chi connectivity index (χ3n) is 4.79. The van der Waals surface area contributed by atoms with Gasteiger partial charge < -0.3 is 4.90 Å². The van der Waals surface area contributed by atoms with Crippen molar-refractivity contribution in [1.29, 1.82) is 0 Å². The molecule has 0 aromatic heterocycles. The standard InChI is InChI=1S/C23H30ClN5/c1-19(21(17-26-3)18-28-12-11-27-10-6-9-25-2)15-20-7-8-22(24)23(16-20)29-13-4-5-14-29/h6-10,16-19H,2-5,11-15H2,1H3/b9-6-,21-17+,27-10?,28-18?. The SMILES string of the molecule is C=N/C=C\C=NCCN=C/C(=C\N=C)C(C)Cc1ccc(Cl)c(N2CCCC2)c1. The molecule has 0 saturated carbocycles. The summed E-state index contributed by atoms with van der Waals surface area (Å²) in [6.07, 6.45) is 12.1. The number of hydrogen-bond donors (Lipinski definition) is 0. The van der Waals surface area contributed by atoms with Crippen molar-refractivity contribution in [2.45, 2.75) is 26.2 Å². The van der Waals surface area contributed by atoms with Crippen molar-refractivity contribution in [3.8, 4) is 0 Å². The fraction of sp³-hybridized carbons (Fsp3) is 0.391. The number of rotatable bonds is 11. The summed E-state index contributed by atoms with van der Waals surface area (Å²) in [6, 6.07) is 6.34. The third-order valence-corrected chi connectivity index (χ3v) is 5.11.